The minimum absolute atomic E-state index is 0.169. The molecule has 5 nitrogen and oxygen atoms in total. The lowest BCUT2D eigenvalue weighted by atomic mass is 10.0. The number of nitrogens with one attached hydrogen (secondary N) is 2. The zero-order valence-corrected chi connectivity index (χ0v) is 17.8. The van der Waals surface area contributed by atoms with Crippen LogP contribution >= 0.6 is 0 Å². The van der Waals surface area contributed by atoms with Crippen molar-refractivity contribution in [1.82, 2.24) is 14.9 Å². The molecule has 1 amide bonds. The number of aryl methyl sites for hydroxylation is 1. The van der Waals surface area contributed by atoms with Gasteiger partial charge in [-0.3, -0.25) is 9.69 Å². The summed E-state index contributed by atoms with van der Waals surface area (Å²) in [6, 6.07) is 19.4. The van der Waals surface area contributed by atoms with Gasteiger partial charge in [-0.25, -0.2) is 9.37 Å². The maximum absolute atomic E-state index is 13.3. The molecule has 1 aromatic heterocycles. The van der Waals surface area contributed by atoms with E-state index < -0.39 is 6.04 Å². The minimum Gasteiger partial charge on any atom is -0.342 e. The number of likely N-dealkylation sites (N-methyl/N-ethyl adjacent to an activating group) is 1. The van der Waals surface area contributed by atoms with Crippen molar-refractivity contribution >= 4 is 22.6 Å². The number of carbonyl (C=O) groups is 1. The number of carbonyl (C=O) groups excluding carboxylic acids is 1. The average molecular weight is 417 g/mol. The fraction of sp³-hybridized carbons (Fsp3) is 0.200. The summed E-state index contributed by atoms with van der Waals surface area (Å²) in [4.78, 5) is 22.7. The van der Waals surface area contributed by atoms with Gasteiger partial charge in [-0.15, -0.1) is 0 Å². The lowest BCUT2D eigenvalue weighted by Crippen LogP contribution is -2.32. The van der Waals surface area contributed by atoms with Gasteiger partial charge in [-0.2, -0.15) is 0 Å². The Hall–Kier alpha value is -3.51. The van der Waals surface area contributed by atoms with Gasteiger partial charge in [0.25, 0.3) is 0 Å². The Morgan fingerprint density at radius 3 is 2.45 bits per heavy atom. The molecule has 0 aliphatic heterocycles. The number of rotatable bonds is 6. The predicted octanol–water partition coefficient (Wildman–Crippen LogP) is 4.84. The van der Waals surface area contributed by atoms with Crippen molar-refractivity contribution in [2.24, 2.45) is 0 Å². The van der Waals surface area contributed by atoms with Crippen molar-refractivity contribution < 1.29 is 9.18 Å². The third kappa shape index (κ3) is 4.81. The van der Waals surface area contributed by atoms with Crippen LogP contribution in [0.4, 0.5) is 10.1 Å². The highest BCUT2D eigenvalue weighted by atomic mass is 19.1. The standard InChI is InChI=1S/C25H25FN4O/c1-16-4-13-21-22(14-16)29-23(28-21)15-17-5-11-20(12-6-17)27-25(31)24(30(2)3)18-7-9-19(26)10-8-18/h4-14,24H,15H2,1-3H3,(H,27,31)(H,28,29)/t24-/m0/s1. The van der Waals surface area contributed by atoms with Crippen LogP contribution < -0.4 is 5.32 Å². The molecule has 0 spiro atoms. The Balaban J connectivity index is 1.45. The molecular weight excluding hydrogens is 391 g/mol. The van der Waals surface area contributed by atoms with Crippen LogP contribution in [-0.4, -0.2) is 34.9 Å². The van der Waals surface area contributed by atoms with Gasteiger partial charge >= 0.3 is 0 Å². The van der Waals surface area contributed by atoms with Crippen molar-refractivity contribution in [2.75, 3.05) is 19.4 Å². The lowest BCUT2D eigenvalue weighted by Gasteiger charge is -2.24. The molecule has 3 aromatic carbocycles. The van der Waals surface area contributed by atoms with Crippen molar-refractivity contribution in [2.45, 2.75) is 19.4 Å². The van der Waals surface area contributed by atoms with Crippen LogP contribution in [0.3, 0.4) is 0 Å². The first kappa shape index (κ1) is 20.8. The summed E-state index contributed by atoms with van der Waals surface area (Å²) >= 11 is 0. The van der Waals surface area contributed by atoms with Crippen LogP contribution in [0.5, 0.6) is 0 Å². The number of aromatic amines is 1. The third-order valence-electron chi connectivity index (χ3n) is 5.23. The fourth-order valence-corrected chi connectivity index (χ4v) is 3.70. The number of anilines is 1. The summed E-state index contributed by atoms with van der Waals surface area (Å²) in [5, 5.41) is 2.96. The number of fused-ring (bicyclic) bond motifs is 1. The molecule has 4 rings (SSSR count). The molecule has 31 heavy (non-hydrogen) atoms. The second kappa shape index (κ2) is 8.70. The topological polar surface area (TPSA) is 61.0 Å². The van der Waals surface area contributed by atoms with E-state index in [1.54, 1.807) is 17.0 Å². The lowest BCUT2D eigenvalue weighted by molar-refractivity contribution is -0.120. The summed E-state index contributed by atoms with van der Waals surface area (Å²) in [6.07, 6.45) is 0.678. The number of halogens is 1. The molecule has 4 aromatic rings. The molecule has 0 unspecified atom stereocenters. The van der Waals surface area contributed by atoms with E-state index in [1.165, 1.54) is 17.7 Å². The molecule has 0 fully saturated rings. The number of benzene rings is 3. The minimum atomic E-state index is -0.515. The highest BCUT2D eigenvalue weighted by molar-refractivity contribution is 5.95. The Morgan fingerprint density at radius 1 is 1.06 bits per heavy atom. The van der Waals surface area contributed by atoms with Crippen LogP contribution in [0.25, 0.3) is 11.0 Å². The maximum Gasteiger partial charge on any atom is 0.246 e. The zero-order valence-electron chi connectivity index (χ0n) is 17.8. The first-order valence-corrected chi connectivity index (χ1v) is 10.2. The first-order valence-electron chi connectivity index (χ1n) is 10.2. The first-order chi connectivity index (χ1) is 14.9. The van der Waals surface area contributed by atoms with Gasteiger partial charge in [-0.1, -0.05) is 30.3 Å². The van der Waals surface area contributed by atoms with Gasteiger partial charge in [0, 0.05) is 12.1 Å². The average Bonchev–Trinajstić information content (AvgIpc) is 3.12. The quantitative estimate of drug-likeness (QED) is 0.473. The van der Waals surface area contributed by atoms with E-state index in [1.807, 2.05) is 44.4 Å². The second-order valence-electron chi connectivity index (χ2n) is 7.98. The van der Waals surface area contributed by atoms with E-state index in [4.69, 9.17) is 0 Å². The molecule has 0 saturated heterocycles. The summed E-state index contributed by atoms with van der Waals surface area (Å²) in [5.41, 5.74) is 5.73. The Labute approximate surface area is 180 Å². The number of hydrogen-bond donors (Lipinski definition) is 2. The number of aromatic nitrogens is 2. The Morgan fingerprint density at radius 2 is 1.77 bits per heavy atom. The van der Waals surface area contributed by atoms with Gasteiger partial charge in [0.2, 0.25) is 5.91 Å². The van der Waals surface area contributed by atoms with E-state index in [0.717, 1.165) is 28.0 Å². The van der Waals surface area contributed by atoms with E-state index >= 15 is 0 Å². The van der Waals surface area contributed by atoms with Gasteiger partial charge in [-0.05, 0) is 74.1 Å². The van der Waals surface area contributed by atoms with Crippen LogP contribution in [-0.2, 0) is 11.2 Å². The molecule has 2 N–H and O–H groups in total. The third-order valence-corrected chi connectivity index (χ3v) is 5.23. The molecule has 0 radical (unpaired) electrons. The van der Waals surface area contributed by atoms with Crippen molar-refractivity contribution in [3.05, 3.63) is 95.1 Å². The molecule has 0 aliphatic carbocycles. The highest BCUT2D eigenvalue weighted by Crippen LogP contribution is 2.22. The number of imidazole rings is 1. The SMILES string of the molecule is Cc1ccc2nc(Cc3ccc(NC(=O)[C@H](c4ccc(F)cc4)N(C)C)cc3)[nH]c2c1. The van der Waals surface area contributed by atoms with Crippen LogP contribution in [0, 0.1) is 12.7 Å². The van der Waals surface area contributed by atoms with Crippen molar-refractivity contribution in [3.8, 4) is 0 Å². The van der Waals surface area contributed by atoms with Crippen LogP contribution in [0.2, 0.25) is 0 Å². The van der Waals surface area contributed by atoms with Gasteiger partial charge < -0.3 is 10.3 Å². The molecule has 0 saturated carbocycles. The van der Waals surface area contributed by atoms with E-state index in [9.17, 15) is 9.18 Å². The summed E-state index contributed by atoms with van der Waals surface area (Å²) in [5.74, 6) is 0.412. The number of nitrogens with zero attached hydrogens (tertiary/aromatic N) is 2. The van der Waals surface area contributed by atoms with Crippen LogP contribution in [0.1, 0.15) is 28.6 Å². The monoisotopic (exact) mass is 416 g/mol. The molecule has 0 bridgehead atoms. The summed E-state index contributed by atoms with van der Waals surface area (Å²) in [6.45, 7) is 2.06. The van der Waals surface area contributed by atoms with Crippen molar-refractivity contribution in [3.63, 3.8) is 0 Å². The van der Waals surface area contributed by atoms with E-state index in [-0.39, 0.29) is 11.7 Å². The Bertz CT molecular complexity index is 1200. The fourth-order valence-electron chi connectivity index (χ4n) is 3.70. The zero-order chi connectivity index (χ0) is 22.0. The Kier molecular flexibility index (Phi) is 5.82. The second-order valence-corrected chi connectivity index (χ2v) is 7.98. The van der Waals surface area contributed by atoms with Crippen LogP contribution in [0.15, 0.2) is 66.7 Å². The number of amides is 1. The number of hydrogen-bond acceptors (Lipinski definition) is 3. The molecule has 1 heterocycles. The molecule has 0 aliphatic rings. The largest absolute Gasteiger partial charge is 0.342 e. The summed E-state index contributed by atoms with van der Waals surface area (Å²) < 4.78 is 13.3. The highest BCUT2D eigenvalue weighted by Gasteiger charge is 2.23. The molecular formula is C25H25FN4O. The predicted molar refractivity (Wildman–Crippen MR) is 122 cm³/mol. The van der Waals surface area contributed by atoms with Gasteiger partial charge in [0.15, 0.2) is 0 Å². The molecule has 1 atom stereocenters. The normalized spacial score (nSPS) is 12.3. The van der Waals surface area contributed by atoms with E-state index in [2.05, 4.69) is 34.3 Å². The smallest absolute Gasteiger partial charge is 0.246 e. The van der Waals surface area contributed by atoms with E-state index in [0.29, 0.717) is 12.1 Å². The summed E-state index contributed by atoms with van der Waals surface area (Å²) in [7, 11) is 3.65. The van der Waals surface area contributed by atoms with Crippen molar-refractivity contribution in [1.29, 1.82) is 0 Å². The maximum atomic E-state index is 13.3. The molecule has 6 heteroatoms. The molecule has 158 valence electrons. The van der Waals surface area contributed by atoms with Gasteiger partial charge in [0.05, 0.1) is 11.0 Å². The number of H-pyrrole nitrogens is 1. The van der Waals surface area contributed by atoms with Gasteiger partial charge in [0.1, 0.15) is 17.7 Å².